The quantitative estimate of drug-likeness (QED) is 0.662. The summed E-state index contributed by atoms with van der Waals surface area (Å²) in [4.78, 5) is 23.2. The van der Waals surface area contributed by atoms with Crippen LogP contribution >= 0.6 is 23.2 Å². The summed E-state index contributed by atoms with van der Waals surface area (Å²) < 4.78 is 16.2. The van der Waals surface area contributed by atoms with E-state index in [2.05, 4.69) is 5.32 Å². The first-order chi connectivity index (χ1) is 13.0. The fourth-order valence-corrected chi connectivity index (χ4v) is 2.66. The molecule has 0 bridgehead atoms. The molecule has 2 rings (SSSR count). The van der Waals surface area contributed by atoms with Crippen LogP contribution in [0.3, 0.4) is 0 Å². The van der Waals surface area contributed by atoms with Gasteiger partial charge >= 0.3 is 12.1 Å². The second-order valence-corrected chi connectivity index (χ2v) is 7.82. The van der Waals surface area contributed by atoms with Gasteiger partial charge < -0.3 is 24.3 Å². The normalized spacial score (nSPS) is 12.3. The number of benzene rings is 1. The SMILES string of the molecule is CC(C)(C)OC(=O)NC(Cc1ccc(COc2ccc(Cl)cc2Cl)o1)C(=O)O. The zero-order valence-electron chi connectivity index (χ0n) is 15.6. The number of aliphatic carboxylic acids is 1. The number of nitrogens with one attached hydrogen (secondary N) is 1. The van der Waals surface area contributed by atoms with Gasteiger partial charge in [0.1, 0.15) is 35.5 Å². The summed E-state index contributed by atoms with van der Waals surface area (Å²) in [6, 6.07) is 6.93. The lowest BCUT2D eigenvalue weighted by Crippen LogP contribution is -2.44. The third-order valence-corrected chi connectivity index (χ3v) is 3.91. The number of carbonyl (C=O) groups excluding carboxylic acids is 1. The molecular formula is C19H21Cl2NO6. The molecule has 0 fully saturated rings. The Balaban J connectivity index is 1.95. The number of ether oxygens (including phenoxy) is 2. The number of carboxylic acids is 1. The maximum atomic E-state index is 11.8. The van der Waals surface area contributed by atoms with Crippen LogP contribution in [0.2, 0.25) is 10.0 Å². The van der Waals surface area contributed by atoms with Gasteiger partial charge in [0.2, 0.25) is 0 Å². The smallest absolute Gasteiger partial charge is 0.408 e. The van der Waals surface area contributed by atoms with Crippen LogP contribution in [0.1, 0.15) is 32.3 Å². The summed E-state index contributed by atoms with van der Waals surface area (Å²) in [5, 5.41) is 12.5. The Morgan fingerprint density at radius 2 is 1.86 bits per heavy atom. The number of carboxylic acid groups (broad SMARTS) is 1. The summed E-state index contributed by atoms with van der Waals surface area (Å²) in [5.74, 6) is 0.0960. The lowest BCUT2D eigenvalue weighted by molar-refractivity contribution is -0.139. The van der Waals surface area contributed by atoms with Crippen molar-refractivity contribution in [3.63, 3.8) is 0 Å². The highest BCUT2D eigenvalue weighted by Gasteiger charge is 2.25. The molecule has 1 unspecified atom stereocenters. The van der Waals surface area contributed by atoms with Crippen molar-refractivity contribution in [1.29, 1.82) is 0 Å². The van der Waals surface area contributed by atoms with Crippen LogP contribution < -0.4 is 10.1 Å². The average molecular weight is 430 g/mol. The maximum absolute atomic E-state index is 11.8. The number of furan rings is 1. The van der Waals surface area contributed by atoms with Crippen LogP contribution in [0, 0.1) is 0 Å². The van der Waals surface area contributed by atoms with Gasteiger partial charge in [0.05, 0.1) is 5.02 Å². The molecule has 1 heterocycles. The molecule has 0 aliphatic carbocycles. The number of halogens is 2. The molecule has 0 radical (unpaired) electrons. The van der Waals surface area contributed by atoms with Crippen LogP contribution in [-0.4, -0.2) is 28.8 Å². The van der Waals surface area contributed by atoms with Crippen LogP contribution in [0.4, 0.5) is 4.79 Å². The largest absolute Gasteiger partial charge is 0.484 e. The van der Waals surface area contributed by atoms with Gasteiger partial charge in [0.15, 0.2) is 0 Å². The molecule has 1 amide bonds. The number of carbonyl (C=O) groups is 2. The van der Waals surface area contributed by atoms with E-state index in [9.17, 15) is 14.7 Å². The zero-order valence-corrected chi connectivity index (χ0v) is 17.1. The molecule has 0 spiro atoms. The van der Waals surface area contributed by atoms with Crippen molar-refractivity contribution in [3.8, 4) is 5.75 Å². The Morgan fingerprint density at radius 1 is 1.18 bits per heavy atom. The van der Waals surface area contributed by atoms with Gasteiger partial charge in [0, 0.05) is 11.4 Å². The highest BCUT2D eigenvalue weighted by Crippen LogP contribution is 2.28. The molecule has 0 saturated carbocycles. The maximum Gasteiger partial charge on any atom is 0.408 e. The second-order valence-electron chi connectivity index (χ2n) is 6.97. The van der Waals surface area contributed by atoms with E-state index >= 15 is 0 Å². The van der Waals surface area contributed by atoms with Crippen LogP contribution in [0.25, 0.3) is 0 Å². The number of hydrogen-bond donors (Lipinski definition) is 2. The Morgan fingerprint density at radius 3 is 2.46 bits per heavy atom. The molecule has 0 aliphatic rings. The third kappa shape index (κ3) is 6.98. The summed E-state index contributed by atoms with van der Waals surface area (Å²) >= 11 is 11.9. The predicted molar refractivity (Wildman–Crippen MR) is 104 cm³/mol. The summed E-state index contributed by atoms with van der Waals surface area (Å²) in [7, 11) is 0. The summed E-state index contributed by atoms with van der Waals surface area (Å²) in [5.41, 5.74) is -0.731. The Hall–Kier alpha value is -2.38. The van der Waals surface area contributed by atoms with Crippen molar-refractivity contribution in [2.45, 2.75) is 45.4 Å². The highest BCUT2D eigenvalue weighted by atomic mass is 35.5. The van der Waals surface area contributed by atoms with E-state index in [1.165, 1.54) is 0 Å². The van der Waals surface area contributed by atoms with Crippen LogP contribution in [-0.2, 0) is 22.6 Å². The number of hydrogen-bond acceptors (Lipinski definition) is 5. The Labute approximate surface area is 172 Å². The first kappa shape index (κ1) is 21.9. The van der Waals surface area contributed by atoms with E-state index in [0.717, 1.165) is 0 Å². The van der Waals surface area contributed by atoms with E-state index in [1.807, 2.05) is 0 Å². The van der Waals surface area contributed by atoms with Crippen LogP contribution in [0.5, 0.6) is 5.75 Å². The van der Waals surface area contributed by atoms with E-state index in [0.29, 0.717) is 27.3 Å². The minimum Gasteiger partial charge on any atom is -0.484 e. The Kier molecular flexibility index (Phi) is 7.21. The Bertz CT molecular complexity index is 843. The number of alkyl carbamates (subject to hydrolysis) is 1. The van der Waals surface area contributed by atoms with Crippen molar-refractivity contribution >= 4 is 35.3 Å². The van der Waals surface area contributed by atoms with E-state index < -0.39 is 23.7 Å². The van der Waals surface area contributed by atoms with Crippen molar-refractivity contribution in [3.05, 3.63) is 51.9 Å². The minimum atomic E-state index is -1.20. The standard InChI is InChI=1S/C19H21Cl2NO6/c1-19(2,3)28-18(25)22-15(17(23)24)9-12-5-6-13(27-12)10-26-16-7-4-11(20)8-14(16)21/h4-8,15H,9-10H2,1-3H3,(H,22,25)(H,23,24). The average Bonchev–Trinajstić information content (AvgIpc) is 2.99. The number of amides is 1. The van der Waals surface area contributed by atoms with Crippen LogP contribution in [0.15, 0.2) is 34.7 Å². The first-order valence-electron chi connectivity index (χ1n) is 8.41. The van der Waals surface area contributed by atoms with E-state index in [-0.39, 0.29) is 13.0 Å². The molecule has 0 aliphatic heterocycles. The summed E-state index contributed by atoms with van der Waals surface area (Å²) in [6.45, 7) is 5.16. The predicted octanol–water partition coefficient (Wildman–Crippen LogP) is 4.69. The fraction of sp³-hybridized carbons (Fsp3) is 0.368. The molecule has 7 nitrogen and oxygen atoms in total. The van der Waals surface area contributed by atoms with Gasteiger partial charge in [0.25, 0.3) is 0 Å². The monoisotopic (exact) mass is 429 g/mol. The second kappa shape index (κ2) is 9.21. The van der Waals surface area contributed by atoms with Gasteiger partial charge in [-0.1, -0.05) is 23.2 Å². The van der Waals surface area contributed by atoms with Gasteiger partial charge in [-0.3, -0.25) is 0 Å². The van der Waals surface area contributed by atoms with Gasteiger partial charge in [-0.2, -0.15) is 0 Å². The topological polar surface area (TPSA) is 98.0 Å². The molecule has 28 heavy (non-hydrogen) atoms. The lowest BCUT2D eigenvalue weighted by Gasteiger charge is -2.21. The molecule has 1 aromatic carbocycles. The summed E-state index contributed by atoms with van der Waals surface area (Å²) in [6.07, 6.45) is -0.858. The fourth-order valence-electron chi connectivity index (χ4n) is 2.20. The molecule has 9 heteroatoms. The lowest BCUT2D eigenvalue weighted by atomic mass is 10.1. The first-order valence-corrected chi connectivity index (χ1v) is 9.17. The molecule has 1 atom stereocenters. The van der Waals surface area contributed by atoms with E-state index in [1.54, 1.807) is 51.1 Å². The highest BCUT2D eigenvalue weighted by molar-refractivity contribution is 6.35. The molecular weight excluding hydrogens is 409 g/mol. The van der Waals surface area contributed by atoms with Gasteiger partial charge in [-0.25, -0.2) is 9.59 Å². The molecule has 2 aromatic rings. The zero-order chi connectivity index (χ0) is 20.9. The molecule has 0 saturated heterocycles. The van der Waals surface area contributed by atoms with Crippen molar-refractivity contribution in [2.24, 2.45) is 0 Å². The van der Waals surface area contributed by atoms with Crippen molar-refractivity contribution < 1.29 is 28.6 Å². The van der Waals surface area contributed by atoms with Crippen molar-refractivity contribution in [2.75, 3.05) is 0 Å². The molecule has 152 valence electrons. The molecule has 2 N–H and O–H groups in total. The third-order valence-electron chi connectivity index (χ3n) is 3.38. The number of rotatable bonds is 7. The minimum absolute atomic E-state index is 0.0454. The van der Waals surface area contributed by atoms with Gasteiger partial charge in [-0.05, 0) is 51.1 Å². The van der Waals surface area contributed by atoms with Gasteiger partial charge in [-0.15, -0.1) is 0 Å². The van der Waals surface area contributed by atoms with E-state index in [4.69, 9.17) is 37.1 Å². The molecule has 1 aromatic heterocycles. The van der Waals surface area contributed by atoms with Crippen molar-refractivity contribution in [1.82, 2.24) is 5.32 Å².